The Balaban J connectivity index is 1.57. The van der Waals surface area contributed by atoms with Crippen LogP contribution in [0, 0.1) is 6.92 Å². The fraction of sp³-hybridized carbons (Fsp3) is 0.250. The summed E-state index contributed by atoms with van der Waals surface area (Å²) in [4.78, 5) is 18.1. The number of carbonyl (C=O) groups is 1. The SMILES string of the molecule is Cc1cc(NC(=O)c2[nH]c3ccccc3c2Cl)ccc1N1CCCC1. The van der Waals surface area contributed by atoms with Gasteiger partial charge >= 0.3 is 0 Å². The van der Waals surface area contributed by atoms with E-state index in [9.17, 15) is 4.79 Å². The Morgan fingerprint density at radius 2 is 1.92 bits per heavy atom. The minimum absolute atomic E-state index is 0.227. The molecule has 3 aromatic rings. The standard InChI is InChI=1S/C20H20ClN3O/c1-13-12-14(8-9-17(13)24-10-4-5-11-24)22-20(25)19-18(21)15-6-2-3-7-16(15)23-19/h2-3,6-9,12,23H,4-5,10-11H2,1H3,(H,22,25). The second kappa shape index (κ2) is 6.45. The molecule has 2 N–H and O–H groups in total. The van der Waals surface area contributed by atoms with Crippen molar-refractivity contribution in [3.8, 4) is 0 Å². The third-order valence-electron chi connectivity index (χ3n) is 4.77. The molecule has 0 aliphatic carbocycles. The second-order valence-electron chi connectivity index (χ2n) is 6.51. The summed E-state index contributed by atoms with van der Waals surface area (Å²) in [6.45, 7) is 4.30. The number of hydrogen-bond acceptors (Lipinski definition) is 2. The van der Waals surface area contributed by atoms with Crippen molar-refractivity contribution >= 4 is 39.8 Å². The first-order valence-corrected chi connectivity index (χ1v) is 8.94. The van der Waals surface area contributed by atoms with Gasteiger partial charge in [0.15, 0.2) is 0 Å². The molecule has 1 aliphatic heterocycles. The van der Waals surface area contributed by atoms with Crippen LogP contribution in [0.25, 0.3) is 10.9 Å². The molecule has 0 radical (unpaired) electrons. The van der Waals surface area contributed by atoms with Gasteiger partial charge in [0.2, 0.25) is 0 Å². The van der Waals surface area contributed by atoms with Crippen LogP contribution in [0.1, 0.15) is 28.9 Å². The van der Waals surface area contributed by atoms with E-state index in [1.807, 2.05) is 36.4 Å². The first kappa shape index (κ1) is 16.0. The Hall–Kier alpha value is -2.46. The van der Waals surface area contributed by atoms with E-state index in [1.165, 1.54) is 24.1 Å². The van der Waals surface area contributed by atoms with E-state index in [0.29, 0.717) is 10.7 Å². The van der Waals surface area contributed by atoms with Crippen molar-refractivity contribution < 1.29 is 4.79 Å². The van der Waals surface area contributed by atoms with E-state index in [-0.39, 0.29) is 5.91 Å². The molecule has 1 fully saturated rings. The van der Waals surface area contributed by atoms with Crippen LogP contribution in [0.15, 0.2) is 42.5 Å². The Kier molecular flexibility index (Phi) is 4.14. The molecule has 0 unspecified atom stereocenters. The van der Waals surface area contributed by atoms with Crippen LogP contribution < -0.4 is 10.2 Å². The van der Waals surface area contributed by atoms with E-state index in [1.54, 1.807) is 0 Å². The maximum absolute atomic E-state index is 12.6. The zero-order chi connectivity index (χ0) is 17.4. The van der Waals surface area contributed by atoms with Gasteiger partial charge in [-0.15, -0.1) is 0 Å². The Morgan fingerprint density at radius 3 is 2.64 bits per heavy atom. The van der Waals surface area contributed by atoms with E-state index in [4.69, 9.17) is 11.6 Å². The van der Waals surface area contributed by atoms with Crippen LogP contribution in [0.2, 0.25) is 5.02 Å². The van der Waals surface area contributed by atoms with Crippen molar-refractivity contribution in [2.24, 2.45) is 0 Å². The number of hydrogen-bond donors (Lipinski definition) is 2. The number of H-pyrrole nitrogens is 1. The first-order valence-electron chi connectivity index (χ1n) is 8.56. The van der Waals surface area contributed by atoms with E-state index < -0.39 is 0 Å². The Morgan fingerprint density at radius 1 is 1.16 bits per heavy atom. The summed E-state index contributed by atoms with van der Waals surface area (Å²) < 4.78 is 0. The highest BCUT2D eigenvalue weighted by Gasteiger charge is 2.18. The monoisotopic (exact) mass is 353 g/mol. The number of fused-ring (bicyclic) bond motifs is 1. The molecule has 1 amide bonds. The topological polar surface area (TPSA) is 48.1 Å². The van der Waals surface area contributed by atoms with Gasteiger partial charge in [-0.1, -0.05) is 29.8 Å². The average molecular weight is 354 g/mol. The number of amides is 1. The predicted molar refractivity (Wildman–Crippen MR) is 104 cm³/mol. The van der Waals surface area contributed by atoms with Crippen LogP contribution in [0.3, 0.4) is 0 Å². The van der Waals surface area contributed by atoms with Crippen molar-refractivity contribution in [3.05, 3.63) is 58.7 Å². The zero-order valence-corrected chi connectivity index (χ0v) is 14.9. The number of benzene rings is 2. The summed E-state index contributed by atoms with van der Waals surface area (Å²) in [5, 5.41) is 4.26. The molecule has 25 heavy (non-hydrogen) atoms. The minimum atomic E-state index is -0.227. The molecule has 0 bridgehead atoms. The fourth-order valence-corrected chi connectivity index (χ4v) is 3.80. The summed E-state index contributed by atoms with van der Waals surface area (Å²) in [6, 6.07) is 13.7. The number of nitrogens with one attached hydrogen (secondary N) is 2. The van der Waals surface area contributed by atoms with Crippen molar-refractivity contribution in [2.75, 3.05) is 23.3 Å². The third-order valence-corrected chi connectivity index (χ3v) is 5.16. The van der Waals surface area contributed by atoms with Crippen LogP contribution >= 0.6 is 11.6 Å². The molecular formula is C20H20ClN3O. The number of anilines is 2. The predicted octanol–water partition coefficient (Wildman–Crippen LogP) is 4.98. The van der Waals surface area contributed by atoms with Crippen molar-refractivity contribution in [1.82, 2.24) is 4.98 Å². The van der Waals surface area contributed by atoms with Gasteiger partial charge in [-0.2, -0.15) is 0 Å². The highest BCUT2D eigenvalue weighted by Crippen LogP contribution is 2.29. The summed E-state index contributed by atoms with van der Waals surface area (Å²) in [5.74, 6) is -0.227. The molecule has 1 saturated heterocycles. The molecular weight excluding hydrogens is 334 g/mol. The number of aryl methyl sites for hydroxylation is 1. The molecule has 1 aromatic heterocycles. The number of nitrogens with zero attached hydrogens (tertiary/aromatic N) is 1. The van der Waals surface area contributed by atoms with Crippen LogP contribution in [0.4, 0.5) is 11.4 Å². The van der Waals surface area contributed by atoms with Crippen molar-refractivity contribution in [2.45, 2.75) is 19.8 Å². The number of halogens is 1. The lowest BCUT2D eigenvalue weighted by molar-refractivity contribution is 0.102. The number of rotatable bonds is 3. The molecule has 0 saturated carbocycles. The lowest BCUT2D eigenvalue weighted by Gasteiger charge is -2.20. The second-order valence-corrected chi connectivity index (χ2v) is 6.89. The summed E-state index contributed by atoms with van der Waals surface area (Å²) in [6.07, 6.45) is 2.49. The van der Waals surface area contributed by atoms with Gasteiger partial charge in [0.25, 0.3) is 5.91 Å². The molecule has 2 heterocycles. The smallest absolute Gasteiger partial charge is 0.273 e. The maximum atomic E-state index is 12.6. The third kappa shape index (κ3) is 2.98. The highest BCUT2D eigenvalue weighted by molar-refractivity contribution is 6.39. The lowest BCUT2D eigenvalue weighted by Crippen LogP contribution is -2.19. The van der Waals surface area contributed by atoms with Crippen LogP contribution in [-0.4, -0.2) is 24.0 Å². The zero-order valence-electron chi connectivity index (χ0n) is 14.1. The van der Waals surface area contributed by atoms with Gasteiger partial charge in [-0.3, -0.25) is 4.79 Å². The summed E-state index contributed by atoms with van der Waals surface area (Å²) in [5.41, 5.74) is 4.45. The highest BCUT2D eigenvalue weighted by atomic mass is 35.5. The van der Waals surface area contributed by atoms with Crippen LogP contribution in [-0.2, 0) is 0 Å². The fourth-order valence-electron chi connectivity index (χ4n) is 3.50. The maximum Gasteiger partial charge on any atom is 0.273 e. The van der Waals surface area contributed by atoms with Gasteiger partial charge < -0.3 is 15.2 Å². The number of aromatic amines is 1. The lowest BCUT2D eigenvalue weighted by atomic mass is 10.1. The van der Waals surface area contributed by atoms with Gasteiger partial charge in [0, 0.05) is 35.4 Å². The molecule has 4 rings (SSSR count). The number of para-hydroxylation sites is 1. The number of aromatic nitrogens is 1. The van der Waals surface area contributed by atoms with Crippen LogP contribution in [0.5, 0.6) is 0 Å². The van der Waals surface area contributed by atoms with Gasteiger partial charge in [0.05, 0.1) is 5.02 Å². The summed E-state index contributed by atoms with van der Waals surface area (Å²) in [7, 11) is 0. The first-order chi connectivity index (χ1) is 12.1. The van der Waals surface area contributed by atoms with E-state index in [2.05, 4.69) is 28.2 Å². The Bertz CT molecular complexity index is 941. The molecule has 5 heteroatoms. The molecule has 128 valence electrons. The van der Waals surface area contributed by atoms with E-state index in [0.717, 1.165) is 29.7 Å². The van der Waals surface area contributed by atoms with E-state index >= 15 is 0 Å². The minimum Gasteiger partial charge on any atom is -0.371 e. The number of carbonyl (C=O) groups excluding carboxylic acids is 1. The largest absolute Gasteiger partial charge is 0.371 e. The quantitative estimate of drug-likeness (QED) is 0.697. The van der Waals surface area contributed by atoms with Crippen molar-refractivity contribution in [3.63, 3.8) is 0 Å². The molecule has 2 aromatic carbocycles. The van der Waals surface area contributed by atoms with Crippen molar-refractivity contribution in [1.29, 1.82) is 0 Å². The van der Waals surface area contributed by atoms with Gasteiger partial charge in [-0.25, -0.2) is 0 Å². The average Bonchev–Trinajstić information content (AvgIpc) is 3.24. The van der Waals surface area contributed by atoms with Gasteiger partial charge in [0.1, 0.15) is 5.69 Å². The molecule has 1 aliphatic rings. The molecule has 0 atom stereocenters. The normalized spacial score (nSPS) is 14.2. The molecule has 0 spiro atoms. The molecule has 4 nitrogen and oxygen atoms in total. The van der Waals surface area contributed by atoms with Gasteiger partial charge in [-0.05, 0) is 49.6 Å². The summed E-state index contributed by atoms with van der Waals surface area (Å²) >= 11 is 6.36. The Labute approximate surface area is 151 Å².